The molecule has 0 spiro atoms. The normalized spacial score (nSPS) is 10.0. The first kappa shape index (κ1) is 9.18. The van der Waals surface area contributed by atoms with Gasteiger partial charge in [-0.3, -0.25) is 0 Å². The molecule has 0 aliphatic carbocycles. The van der Waals surface area contributed by atoms with Crippen molar-refractivity contribution in [1.82, 2.24) is 5.32 Å². The lowest BCUT2D eigenvalue weighted by atomic mass is 10.5. The molecule has 2 radical (unpaired) electrons. The van der Waals surface area contributed by atoms with Gasteiger partial charge in [0, 0.05) is 9.52 Å². The van der Waals surface area contributed by atoms with Gasteiger partial charge in [0.1, 0.15) is 0 Å². The van der Waals surface area contributed by atoms with Crippen LogP contribution >= 0.6 is 0 Å². The maximum Gasteiger partial charge on any atom is 0.0375 e. The second-order valence-corrected chi connectivity index (χ2v) is 3.77. The van der Waals surface area contributed by atoms with Gasteiger partial charge in [0.25, 0.3) is 0 Å². The van der Waals surface area contributed by atoms with Gasteiger partial charge < -0.3 is 5.32 Å². The van der Waals surface area contributed by atoms with Crippen molar-refractivity contribution in [2.75, 3.05) is 13.1 Å². The minimum atomic E-state index is 1.12. The molecule has 0 aliphatic heterocycles. The van der Waals surface area contributed by atoms with E-state index in [4.69, 9.17) is 0 Å². The summed E-state index contributed by atoms with van der Waals surface area (Å²) >= 11 is 0. The summed E-state index contributed by atoms with van der Waals surface area (Å²) in [5.74, 6) is 0. The van der Waals surface area contributed by atoms with Crippen molar-refractivity contribution in [3.63, 3.8) is 0 Å². The van der Waals surface area contributed by atoms with Crippen LogP contribution in [-0.2, 0) is 0 Å². The lowest BCUT2D eigenvalue weighted by Crippen LogP contribution is -2.14. The molecule has 0 saturated carbocycles. The van der Waals surface area contributed by atoms with Crippen LogP contribution in [0.5, 0.6) is 0 Å². The average molecular weight is 143 g/mol. The largest absolute Gasteiger partial charge is 0.317 e. The molecule has 2 heteroatoms. The SMILES string of the molecule is CCNCCC[Si]CC. The molecule has 0 heterocycles. The molecule has 1 N–H and O–H groups in total. The van der Waals surface area contributed by atoms with E-state index in [1.807, 2.05) is 0 Å². The van der Waals surface area contributed by atoms with E-state index in [2.05, 4.69) is 19.2 Å². The van der Waals surface area contributed by atoms with Crippen molar-refractivity contribution in [2.24, 2.45) is 0 Å². The zero-order valence-corrected chi connectivity index (χ0v) is 7.54. The van der Waals surface area contributed by atoms with Crippen molar-refractivity contribution in [3.05, 3.63) is 0 Å². The summed E-state index contributed by atoms with van der Waals surface area (Å²) in [5, 5.41) is 3.31. The van der Waals surface area contributed by atoms with Crippen molar-refractivity contribution >= 4 is 9.52 Å². The van der Waals surface area contributed by atoms with Gasteiger partial charge in [0.2, 0.25) is 0 Å². The Kier molecular flexibility index (Phi) is 8.34. The van der Waals surface area contributed by atoms with Crippen molar-refractivity contribution in [3.8, 4) is 0 Å². The predicted molar refractivity (Wildman–Crippen MR) is 44.2 cm³/mol. The lowest BCUT2D eigenvalue weighted by Gasteiger charge is -1.98. The zero-order chi connectivity index (χ0) is 6.95. The molecule has 0 atom stereocenters. The maximum absolute atomic E-state index is 3.31. The number of rotatable bonds is 6. The van der Waals surface area contributed by atoms with E-state index in [0.29, 0.717) is 0 Å². The molecule has 0 rings (SSSR count). The summed E-state index contributed by atoms with van der Waals surface area (Å²) in [4.78, 5) is 0. The predicted octanol–water partition coefficient (Wildman–Crippen LogP) is 1.55. The van der Waals surface area contributed by atoms with Gasteiger partial charge in [-0.05, 0) is 19.5 Å². The minimum Gasteiger partial charge on any atom is -0.317 e. The molecule has 0 aliphatic rings. The van der Waals surface area contributed by atoms with Gasteiger partial charge in [0.05, 0.1) is 0 Å². The molecule has 54 valence electrons. The summed E-state index contributed by atoms with van der Waals surface area (Å²) in [5.41, 5.74) is 0. The molecule has 0 aromatic carbocycles. The van der Waals surface area contributed by atoms with Crippen LogP contribution in [0.2, 0.25) is 12.1 Å². The van der Waals surface area contributed by atoms with Gasteiger partial charge in [-0.2, -0.15) is 0 Å². The molecule has 9 heavy (non-hydrogen) atoms. The summed E-state index contributed by atoms with van der Waals surface area (Å²) in [7, 11) is 1.19. The Morgan fingerprint density at radius 3 is 2.67 bits per heavy atom. The van der Waals surface area contributed by atoms with E-state index in [1.165, 1.54) is 34.6 Å². The summed E-state index contributed by atoms with van der Waals surface area (Å²) in [6.07, 6.45) is 1.36. The zero-order valence-electron chi connectivity index (χ0n) is 6.54. The average Bonchev–Trinajstić information content (AvgIpc) is 1.89. The van der Waals surface area contributed by atoms with Crippen LogP contribution in [0.15, 0.2) is 0 Å². The van der Waals surface area contributed by atoms with Crippen molar-refractivity contribution < 1.29 is 0 Å². The highest BCUT2D eigenvalue weighted by molar-refractivity contribution is 6.35. The topological polar surface area (TPSA) is 12.0 Å². The van der Waals surface area contributed by atoms with E-state index in [0.717, 1.165) is 6.54 Å². The molecule has 0 aromatic rings. The Balaban J connectivity index is 2.60. The Labute approximate surface area is 61.1 Å². The van der Waals surface area contributed by atoms with Gasteiger partial charge in [-0.1, -0.05) is 25.9 Å². The highest BCUT2D eigenvalue weighted by Crippen LogP contribution is 1.88. The Morgan fingerprint density at radius 1 is 1.33 bits per heavy atom. The first-order valence-electron chi connectivity index (χ1n) is 3.83. The first-order chi connectivity index (χ1) is 4.41. The number of hydrogen-bond donors (Lipinski definition) is 1. The summed E-state index contributed by atoms with van der Waals surface area (Å²) in [6.45, 7) is 6.74. The lowest BCUT2D eigenvalue weighted by molar-refractivity contribution is 0.701. The summed E-state index contributed by atoms with van der Waals surface area (Å²) < 4.78 is 0. The molecule has 0 bridgehead atoms. The van der Waals surface area contributed by atoms with Crippen LogP contribution in [0.4, 0.5) is 0 Å². The molecule has 1 nitrogen and oxygen atoms in total. The number of nitrogens with one attached hydrogen (secondary N) is 1. The van der Waals surface area contributed by atoms with Crippen LogP contribution in [0, 0.1) is 0 Å². The van der Waals surface area contributed by atoms with Crippen LogP contribution in [0.25, 0.3) is 0 Å². The molecular weight excluding hydrogens is 126 g/mol. The van der Waals surface area contributed by atoms with E-state index in [1.54, 1.807) is 0 Å². The smallest absolute Gasteiger partial charge is 0.0375 e. The Bertz CT molecular complexity index is 42.2. The molecule has 0 unspecified atom stereocenters. The molecule has 0 aromatic heterocycles. The second kappa shape index (κ2) is 8.18. The van der Waals surface area contributed by atoms with Crippen molar-refractivity contribution in [2.45, 2.75) is 32.4 Å². The number of hydrogen-bond acceptors (Lipinski definition) is 1. The van der Waals surface area contributed by atoms with Gasteiger partial charge in [0.15, 0.2) is 0 Å². The highest BCUT2D eigenvalue weighted by Gasteiger charge is 1.85. The Hall–Kier alpha value is 0.177. The molecule has 0 amide bonds. The first-order valence-corrected chi connectivity index (χ1v) is 5.24. The van der Waals surface area contributed by atoms with Gasteiger partial charge in [-0.25, -0.2) is 0 Å². The summed E-state index contributed by atoms with van der Waals surface area (Å²) in [6, 6.07) is 2.79. The quantitative estimate of drug-likeness (QED) is 0.439. The minimum absolute atomic E-state index is 1.12. The van der Waals surface area contributed by atoms with Crippen LogP contribution in [0.1, 0.15) is 20.3 Å². The van der Waals surface area contributed by atoms with Crippen LogP contribution in [-0.4, -0.2) is 22.6 Å². The third-order valence-corrected chi connectivity index (χ3v) is 2.41. The molecular formula is C7H17NSi. The third-order valence-electron chi connectivity index (χ3n) is 1.21. The van der Waals surface area contributed by atoms with E-state index in [9.17, 15) is 0 Å². The van der Waals surface area contributed by atoms with Crippen LogP contribution < -0.4 is 5.32 Å². The standard InChI is InChI=1S/C7H17NSi/c1-3-8-6-5-7-9-4-2/h8H,3-7H2,1-2H3. The fraction of sp³-hybridized carbons (Fsp3) is 1.00. The van der Waals surface area contributed by atoms with E-state index in [-0.39, 0.29) is 0 Å². The fourth-order valence-electron chi connectivity index (χ4n) is 0.692. The Morgan fingerprint density at radius 2 is 2.11 bits per heavy atom. The highest BCUT2D eigenvalue weighted by atomic mass is 28.2. The maximum atomic E-state index is 3.31. The molecule has 0 saturated heterocycles. The monoisotopic (exact) mass is 143 g/mol. The third kappa shape index (κ3) is 8.18. The van der Waals surface area contributed by atoms with Gasteiger partial charge in [-0.15, -0.1) is 0 Å². The van der Waals surface area contributed by atoms with Gasteiger partial charge >= 0.3 is 0 Å². The second-order valence-electron chi connectivity index (χ2n) is 2.06. The van der Waals surface area contributed by atoms with E-state index >= 15 is 0 Å². The van der Waals surface area contributed by atoms with Crippen LogP contribution in [0.3, 0.4) is 0 Å². The van der Waals surface area contributed by atoms with E-state index < -0.39 is 0 Å². The van der Waals surface area contributed by atoms with Crippen molar-refractivity contribution in [1.29, 1.82) is 0 Å². The fourth-order valence-corrected chi connectivity index (χ4v) is 1.47. The molecule has 0 fully saturated rings.